The Bertz CT molecular complexity index is 181. The van der Waals surface area contributed by atoms with Gasteiger partial charge in [-0.15, -0.1) is 0 Å². The Morgan fingerprint density at radius 1 is 1.15 bits per heavy atom. The molecule has 1 N–H and O–H groups in total. The summed E-state index contributed by atoms with van der Waals surface area (Å²) in [6.45, 7) is 0.753. The Kier molecular flexibility index (Phi) is 2.83. The maximum absolute atomic E-state index is 11.6. The molecule has 1 atom stereocenters. The first-order valence-electron chi connectivity index (χ1n) is 5.28. The van der Waals surface area contributed by atoms with Gasteiger partial charge in [0.25, 0.3) is 0 Å². The van der Waals surface area contributed by atoms with Crippen LogP contribution >= 0.6 is 0 Å². The molecule has 1 saturated carbocycles. The average Bonchev–Trinajstić information content (AvgIpc) is 2.74. The molecule has 1 unspecified atom stereocenters. The number of ether oxygens (including phenoxy) is 1. The Morgan fingerprint density at radius 2 is 1.92 bits per heavy atom. The quantitative estimate of drug-likeness (QED) is 0.699. The zero-order chi connectivity index (χ0) is 9.10. The van der Waals surface area contributed by atoms with Crippen molar-refractivity contribution in [3.63, 3.8) is 0 Å². The van der Waals surface area contributed by atoms with E-state index in [1.807, 2.05) is 0 Å². The third-order valence-corrected chi connectivity index (χ3v) is 2.92. The molecule has 2 fully saturated rings. The van der Waals surface area contributed by atoms with Crippen molar-refractivity contribution in [3.8, 4) is 0 Å². The van der Waals surface area contributed by atoms with E-state index >= 15 is 0 Å². The molecule has 0 aromatic heterocycles. The summed E-state index contributed by atoms with van der Waals surface area (Å²) in [7, 11) is 0. The molecular weight excluding hydrogens is 166 g/mol. The summed E-state index contributed by atoms with van der Waals surface area (Å²) in [5.41, 5.74) is 0. The van der Waals surface area contributed by atoms with Gasteiger partial charge in [0.1, 0.15) is 6.10 Å². The number of carbonyl (C=O) groups excluding carboxylic acids is 1. The molecule has 1 aliphatic heterocycles. The second-order valence-corrected chi connectivity index (χ2v) is 3.99. The molecule has 0 aromatic carbocycles. The highest BCUT2D eigenvalue weighted by Gasteiger charge is 2.26. The van der Waals surface area contributed by atoms with Crippen LogP contribution in [0.25, 0.3) is 0 Å². The fourth-order valence-corrected chi connectivity index (χ4v) is 2.15. The van der Waals surface area contributed by atoms with Gasteiger partial charge >= 0.3 is 0 Å². The van der Waals surface area contributed by atoms with Crippen LogP contribution in [-0.4, -0.2) is 24.7 Å². The predicted octanol–water partition coefficient (Wildman–Crippen LogP) is 1.22. The molecular formula is C10H17NO2. The first-order valence-corrected chi connectivity index (χ1v) is 5.28. The van der Waals surface area contributed by atoms with Gasteiger partial charge in [-0.25, -0.2) is 0 Å². The molecule has 0 aromatic rings. The van der Waals surface area contributed by atoms with Crippen LogP contribution in [0.15, 0.2) is 0 Å². The van der Waals surface area contributed by atoms with Crippen LogP contribution in [-0.2, 0) is 9.53 Å². The number of hydrogen-bond donors (Lipinski definition) is 1. The van der Waals surface area contributed by atoms with Gasteiger partial charge in [-0.1, -0.05) is 12.8 Å². The van der Waals surface area contributed by atoms with Gasteiger partial charge < -0.3 is 10.1 Å². The largest absolute Gasteiger partial charge is 0.368 e. The first kappa shape index (κ1) is 9.00. The standard InChI is InChI=1S/C10H17NO2/c12-10(9-6-3-7-13-9)11-8-4-1-2-5-8/h8-9H,1-7H2,(H,11,12). The number of nitrogens with one attached hydrogen (secondary N) is 1. The average molecular weight is 183 g/mol. The molecule has 3 nitrogen and oxygen atoms in total. The van der Waals surface area contributed by atoms with Crippen LogP contribution in [0.4, 0.5) is 0 Å². The Balaban J connectivity index is 1.76. The van der Waals surface area contributed by atoms with E-state index in [0.717, 1.165) is 32.3 Å². The summed E-state index contributed by atoms with van der Waals surface area (Å²) >= 11 is 0. The van der Waals surface area contributed by atoms with E-state index in [9.17, 15) is 4.79 Å². The highest BCUT2D eigenvalue weighted by Crippen LogP contribution is 2.19. The molecule has 2 aliphatic rings. The maximum Gasteiger partial charge on any atom is 0.249 e. The van der Waals surface area contributed by atoms with Gasteiger partial charge in [0.05, 0.1) is 0 Å². The van der Waals surface area contributed by atoms with Crippen molar-refractivity contribution in [2.45, 2.75) is 50.7 Å². The van der Waals surface area contributed by atoms with Gasteiger partial charge in [0.2, 0.25) is 5.91 Å². The molecule has 1 saturated heterocycles. The van der Waals surface area contributed by atoms with E-state index in [-0.39, 0.29) is 12.0 Å². The van der Waals surface area contributed by atoms with E-state index in [2.05, 4.69) is 5.32 Å². The molecule has 1 aliphatic carbocycles. The third-order valence-electron chi connectivity index (χ3n) is 2.92. The highest BCUT2D eigenvalue weighted by molar-refractivity contribution is 5.81. The minimum absolute atomic E-state index is 0.115. The van der Waals surface area contributed by atoms with Crippen molar-refractivity contribution in [1.29, 1.82) is 0 Å². The highest BCUT2D eigenvalue weighted by atomic mass is 16.5. The Morgan fingerprint density at radius 3 is 2.54 bits per heavy atom. The van der Waals surface area contributed by atoms with Crippen molar-refractivity contribution < 1.29 is 9.53 Å². The number of carbonyl (C=O) groups is 1. The third kappa shape index (κ3) is 2.21. The van der Waals surface area contributed by atoms with Crippen LogP contribution in [0, 0.1) is 0 Å². The SMILES string of the molecule is O=C(NC1CCCC1)C1CCCO1. The molecule has 74 valence electrons. The Labute approximate surface area is 78.8 Å². The summed E-state index contributed by atoms with van der Waals surface area (Å²) in [5.74, 6) is 0.115. The van der Waals surface area contributed by atoms with E-state index in [0.29, 0.717) is 6.04 Å². The molecule has 0 spiro atoms. The lowest BCUT2D eigenvalue weighted by molar-refractivity contribution is -0.130. The first-order chi connectivity index (χ1) is 6.36. The zero-order valence-electron chi connectivity index (χ0n) is 7.92. The second kappa shape index (κ2) is 4.09. The van der Waals surface area contributed by atoms with Crippen molar-refractivity contribution in [1.82, 2.24) is 5.32 Å². The summed E-state index contributed by atoms with van der Waals surface area (Å²) in [6.07, 6.45) is 6.60. The fourth-order valence-electron chi connectivity index (χ4n) is 2.15. The van der Waals surface area contributed by atoms with Gasteiger partial charge in [-0.2, -0.15) is 0 Å². The summed E-state index contributed by atoms with van der Waals surface area (Å²) in [6, 6.07) is 0.427. The van der Waals surface area contributed by atoms with E-state index in [1.54, 1.807) is 0 Å². The second-order valence-electron chi connectivity index (χ2n) is 3.99. The van der Waals surface area contributed by atoms with Gasteiger partial charge in [0.15, 0.2) is 0 Å². The molecule has 0 bridgehead atoms. The topological polar surface area (TPSA) is 38.3 Å². The summed E-state index contributed by atoms with van der Waals surface area (Å²) in [5, 5.41) is 3.06. The van der Waals surface area contributed by atoms with Gasteiger partial charge in [0, 0.05) is 12.6 Å². The summed E-state index contributed by atoms with van der Waals surface area (Å²) in [4.78, 5) is 11.6. The van der Waals surface area contributed by atoms with Crippen molar-refractivity contribution in [3.05, 3.63) is 0 Å². The molecule has 3 heteroatoms. The predicted molar refractivity (Wildman–Crippen MR) is 49.4 cm³/mol. The van der Waals surface area contributed by atoms with Gasteiger partial charge in [-0.3, -0.25) is 4.79 Å². The number of amides is 1. The van der Waals surface area contributed by atoms with Crippen molar-refractivity contribution in [2.75, 3.05) is 6.61 Å². The van der Waals surface area contributed by atoms with Crippen LogP contribution in [0.3, 0.4) is 0 Å². The van der Waals surface area contributed by atoms with Crippen molar-refractivity contribution >= 4 is 5.91 Å². The fraction of sp³-hybridized carbons (Fsp3) is 0.900. The number of rotatable bonds is 2. The molecule has 13 heavy (non-hydrogen) atoms. The lowest BCUT2D eigenvalue weighted by Crippen LogP contribution is -2.39. The van der Waals surface area contributed by atoms with E-state index in [4.69, 9.17) is 4.74 Å². The summed E-state index contributed by atoms with van der Waals surface area (Å²) < 4.78 is 5.31. The van der Waals surface area contributed by atoms with Gasteiger partial charge in [-0.05, 0) is 25.7 Å². The van der Waals surface area contributed by atoms with E-state index < -0.39 is 0 Å². The lowest BCUT2D eigenvalue weighted by Gasteiger charge is -2.15. The smallest absolute Gasteiger partial charge is 0.249 e. The lowest BCUT2D eigenvalue weighted by atomic mass is 10.2. The minimum Gasteiger partial charge on any atom is -0.368 e. The van der Waals surface area contributed by atoms with Crippen LogP contribution < -0.4 is 5.32 Å². The normalized spacial score (nSPS) is 29.4. The van der Waals surface area contributed by atoms with Crippen LogP contribution in [0.1, 0.15) is 38.5 Å². The van der Waals surface area contributed by atoms with Crippen LogP contribution in [0.5, 0.6) is 0 Å². The molecule has 2 rings (SSSR count). The minimum atomic E-state index is -0.152. The van der Waals surface area contributed by atoms with E-state index in [1.165, 1.54) is 12.8 Å². The Hall–Kier alpha value is -0.570. The monoisotopic (exact) mass is 183 g/mol. The maximum atomic E-state index is 11.6. The number of hydrogen-bond acceptors (Lipinski definition) is 2. The van der Waals surface area contributed by atoms with Crippen LogP contribution in [0.2, 0.25) is 0 Å². The molecule has 1 amide bonds. The zero-order valence-corrected chi connectivity index (χ0v) is 7.92. The molecule has 0 radical (unpaired) electrons. The molecule has 1 heterocycles. The van der Waals surface area contributed by atoms with Crippen molar-refractivity contribution in [2.24, 2.45) is 0 Å².